The average Bonchev–Trinajstić information content (AvgIpc) is 3.18. The van der Waals surface area contributed by atoms with Gasteiger partial charge in [0.05, 0.1) is 5.69 Å². The Balaban J connectivity index is 1.50. The Kier molecular flexibility index (Phi) is 6.32. The summed E-state index contributed by atoms with van der Waals surface area (Å²) in [6.45, 7) is 9.83. The lowest BCUT2D eigenvalue weighted by atomic mass is 9.50. The standard InChI is InChI=1S/C28H36Br2N2O2/c1-16(2)17-12-22(29)25(23(30)13-17)31-26(34)32-15-19-20-6-5-9-27(20,3)10-8-21(19)28(4)11-7-18(33)14-24(28)32/h12-14,16,19-21H,5-11,15H2,1-4H3,(H,31,34)/t19-,20-,21-,27-,28+/m0/s1. The molecule has 184 valence electrons. The predicted octanol–water partition coefficient (Wildman–Crippen LogP) is 8.27. The summed E-state index contributed by atoms with van der Waals surface area (Å²) in [7, 11) is 0. The maximum Gasteiger partial charge on any atom is 0.326 e. The summed E-state index contributed by atoms with van der Waals surface area (Å²) in [5.41, 5.74) is 3.18. The van der Waals surface area contributed by atoms with Crippen LogP contribution in [0.15, 0.2) is 32.9 Å². The zero-order valence-electron chi connectivity index (χ0n) is 20.7. The van der Waals surface area contributed by atoms with Crippen LogP contribution in [0.25, 0.3) is 0 Å². The quantitative estimate of drug-likeness (QED) is 0.376. The molecule has 0 aromatic heterocycles. The lowest BCUT2D eigenvalue weighted by Crippen LogP contribution is -2.59. The van der Waals surface area contributed by atoms with E-state index < -0.39 is 0 Å². The Morgan fingerprint density at radius 1 is 1.09 bits per heavy atom. The van der Waals surface area contributed by atoms with Crippen molar-refractivity contribution in [3.8, 4) is 0 Å². The van der Waals surface area contributed by atoms with Gasteiger partial charge in [0, 0.05) is 39.1 Å². The SMILES string of the molecule is CC(C)c1cc(Br)c(NC(=O)N2C[C@H]3[C@@H]4CCC[C@@]4(C)CC[C@@H]3[C@@]3(C)CCC(=O)C=C23)c(Br)c1. The van der Waals surface area contributed by atoms with Gasteiger partial charge in [-0.2, -0.15) is 0 Å². The number of carbonyl (C=O) groups excluding carboxylic acids is 2. The van der Waals surface area contributed by atoms with Crippen LogP contribution in [0, 0.1) is 28.6 Å². The molecule has 34 heavy (non-hydrogen) atoms. The number of ketones is 1. The number of urea groups is 1. The van der Waals surface area contributed by atoms with Crippen molar-refractivity contribution in [2.75, 3.05) is 11.9 Å². The van der Waals surface area contributed by atoms with Gasteiger partial charge >= 0.3 is 6.03 Å². The number of hydrogen-bond acceptors (Lipinski definition) is 2. The first-order valence-corrected chi connectivity index (χ1v) is 14.4. The molecule has 1 heterocycles. The number of hydrogen-bond donors (Lipinski definition) is 1. The van der Waals surface area contributed by atoms with Crippen LogP contribution in [0.2, 0.25) is 0 Å². The second-order valence-electron chi connectivity index (χ2n) is 11.9. The molecule has 5 atom stereocenters. The number of nitrogens with one attached hydrogen (secondary N) is 1. The molecule has 2 saturated carbocycles. The molecule has 1 N–H and O–H groups in total. The lowest BCUT2D eigenvalue weighted by Gasteiger charge is -2.59. The van der Waals surface area contributed by atoms with Crippen molar-refractivity contribution in [1.29, 1.82) is 0 Å². The minimum absolute atomic E-state index is 0.117. The van der Waals surface area contributed by atoms with E-state index in [0.29, 0.717) is 42.1 Å². The topological polar surface area (TPSA) is 49.4 Å². The van der Waals surface area contributed by atoms with Crippen LogP contribution in [-0.2, 0) is 4.79 Å². The summed E-state index contributed by atoms with van der Waals surface area (Å²) in [5.74, 6) is 2.26. The molecular weight excluding hydrogens is 556 g/mol. The van der Waals surface area contributed by atoms with Gasteiger partial charge in [0.25, 0.3) is 0 Å². The van der Waals surface area contributed by atoms with Gasteiger partial charge in [0.1, 0.15) is 0 Å². The Bertz CT molecular complexity index is 1040. The van der Waals surface area contributed by atoms with Gasteiger partial charge in [-0.05, 0) is 111 Å². The highest BCUT2D eigenvalue weighted by atomic mass is 79.9. The first kappa shape index (κ1) is 24.5. The van der Waals surface area contributed by atoms with E-state index in [2.05, 4.69) is 77.0 Å². The summed E-state index contributed by atoms with van der Waals surface area (Å²) < 4.78 is 1.73. The molecule has 1 aliphatic heterocycles. The average molecular weight is 592 g/mol. The Labute approximate surface area is 220 Å². The normalized spacial score (nSPS) is 34.9. The minimum Gasteiger partial charge on any atom is -0.305 e. The van der Waals surface area contributed by atoms with E-state index in [1.807, 2.05) is 4.90 Å². The minimum atomic E-state index is -0.130. The van der Waals surface area contributed by atoms with Crippen LogP contribution in [-0.4, -0.2) is 23.3 Å². The van der Waals surface area contributed by atoms with Crippen molar-refractivity contribution in [2.24, 2.45) is 28.6 Å². The van der Waals surface area contributed by atoms with E-state index in [1.54, 1.807) is 6.08 Å². The molecule has 4 aliphatic rings. The molecule has 1 aromatic rings. The number of benzene rings is 1. The van der Waals surface area contributed by atoms with E-state index in [9.17, 15) is 9.59 Å². The van der Waals surface area contributed by atoms with E-state index >= 15 is 0 Å². The molecule has 0 spiro atoms. The van der Waals surface area contributed by atoms with Gasteiger partial charge in [-0.25, -0.2) is 4.79 Å². The van der Waals surface area contributed by atoms with Crippen molar-refractivity contribution in [2.45, 2.75) is 78.6 Å². The van der Waals surface area contributed by atoms with Crippen LogP contribution in [0.5, 0.6) is 0 Å². The van der Waals surface area contributed by atoms with Crippen LogP contribution >= 0.6 is 31.9 Å². The molecule has 2 amide bonds. The molecule has 0 bridgehead atoms. The van der Waals surface area contributed by atoms with Crippen LogP contribution in [0.4, 0.5) is 10.5 Å². The number of allylic oxidation sites excluding steroid dienone is 2. The second kappa shape index (κ2) is 8.76. The molecule has 6 heteroatoms. The number of rotatable bonds is 2. The summed E-state index contributed by atoms with van der Waals surface area (Å²) >= 11 is 7.35. The number of piperidine rings is 1. The highest BCUT2D eigenvalue weighted by molar-refractivity contribution is 9.11. The fraction of sp³-hybridized carbons (Fsp3) is 0.643. The van der Waals surface area contributed by atoms with E-state index in [0.717, 1.165) is 26.8 Å². The van der Waals surface area contributed by atoms with Crippen molar-refractivity contribution >= 4 is 49.4 Å². The Morgan fingerprint density at radius 3 is 2.47 bits per heavy atom. The third kappa shape index (κ3) is 3.91. The molecule has 3 aliphatic carbocycles. The zero-order chi connectivity index (χ0) is 24.4. The van der Waals surface area contributed by atoms with Crippen LogP contribution < -0.4 is 5.32 Å². The van der Waals surface area contributed by atoms with E-state index in [4.69, 9.17) is 0 Å². The second-order valence-corrected chi connectivity index (χ2v) is 13.6. The predicted molar refractivity (Wildman–Crippen MR) is 144 cm³/mol. The number of carbonyl (C=O) groups is 2. The van der Waals surface area contributed by atoms with Gasteiger partial charge in [0.15, 0.2) is 5.78 Å². The monoisotopic (exact) mass is 590 g/mol. The molecule has 1 saturated heterocycles. The van der Waals surface area contributed by atoms with Crippen molar-refractivity contribution < 1.29 is 9.59 Å². The Hall–Kier alpha value is -1.14. The fourth-order valence-electron chi connectivity index (χ4n) is 7.71. The third-order valence-electron chi connectivity index (χ3n) is 9.70. The van der Waals surface area contributed by atoms with E-state index in [1.165, 1.54) is 37.7 Å². The summed E-state index contributed by atoms with van der Waals surface area (Å²) in [5, 5.41) is 3.19. The molecule has 0 radical (unpaired) electrons. The maximum atomic E-state index is 13.9. The number of likely N-dealkylation sites (tertiary alicyclic amines) is 1. The molecule has 0 unspecified atom stereocenters. The number of amides is 2. The van der Waals surface area contributed by atoms with Gasteiger partial charge < -0.3 is 5.32 Å². The first-order valence-electron chi connectivity index (χ1n) is 12.9. The summed E-state index contributed by atoms with van der Waals surface area (Å²) in [6.07, 6.45) is 9.61. The van der Waals surface area contributed by atoms with Crippen molar-refractivity contribution in [3.05, 3.63) is 38.4 Å². The van der Waals surface area contributed by atoms with Crippen LogP contribution in [0.1, 0.15) is 84.1 Å². The number of halogens is 2. The maximum absolute atomic E-state index is 13.9. The largest absolute Gasteiger partial charge is 0.326 e. The molecule has 1 aromatic carbocycles. The van der Waals surface area contributed by atoms with Gasteiger partial charge in [0.2, 0.25) is 0 Å². The van der Waals surface area contributed by atoms with E-state index in [-0.39, 0.29) is 17.2 Å². The third-order valence-corrected chi connectivity index (χ3v) is 11.0. The zero-order valence-corrected chi connectivity index (χ0v) is 23.9. The van der Waals surface area contributed by atoms with Crippen molar-refractivity contribution in [1.82, 2.24) is 4.90 Å². The fourth-order valence-corrected chi connectivity index (χ4v) is 9.13. The molecule has 4 nitrogen and oxygen atoms in total. The first-order chi connectivity index (χ1) is 16.0. The molecular formula is C28H36Br2N2O2. The lowest BCUT2D eigenvalue weighted by molar-refractivity contribution is -0.118. The van der Waals surface area contributed by atoms with Gasteiger partial charge in [-0.3, -0.25) is 9.69 Å². The van der Waals surface area contributed by atoms with Gasteiger partial charge in [-0.1, -0.05) is 34.1 Å². The number of anilines is 1. The summed E-state index contributed by atoms with van der Waals surface area (Å²) in [6, 6.07) is 4.03. The number of nitrogens with zero attached hydrogens (tertiary/aromatic N) is 1. The smallest absolute Gasteiger partial charge is 0.305 e. The van der Waals surface area contributed by atoms with Gasteiger partial charge in [-0.15, -0.1) is 0 Å². The Morgan fingerprint density at radius 2 is 1.79 bits per heavy atom. The van der Waals surface area contributed by atoms with Crippen LogP contribution in [0.3, 0.4) is 0 Å². The molecule has 3 fully saturated rings. The molecule has 5 rings (SSSR count). The number of fused-ring (bicyclic) bond motifs is 5. The highest BCUT2D eigenvalue weighted by Gasteiger charge is 2.58. The summed E-state index contributed by atoms with van der Waals surface area (Å²) in [4.78, 5) is 28.3. The highest BCUT2D eigenvalue weighted by Crippen LogP contribution is 2.64. The van der Waals surface area contributed by atoms with Crippen molar-refractivity contribution in [3.63, 3.8) is 0 Å².